The van der Waals surface area contributed by atoms with Crippen LogP contribution >= 0.6 is 11.6 Å². The van der Waals surface area contributed by atoms with Crippen LogP contribution in [0.2, 0.25) is 0 Å². The number of aromatic nitrogens is 2. The van der Waals surface area contributed by atoms with Crippen LogP contribution < -0.4 is 0 Å². The zero-order chi connectivity index (χ0) is 9.42. The number of rotatable bonds is 1. The van der Waals surface area contributed by atoms with Gasteiger partial charge in [0.15, 0.2) is 0 Å². The van der Waals surface area contributed by atoms with Gasteiger partial charge in [0.2, 0.25) is 5.91 Å². The average molecular weight is 200 g/mol. The lowest BCUT2D eigenvalue weighted by molar-refractivity contribution is -0.131. The zero-order valence-electron chi connectivity index (χ0n) is 7.25. The number of fused-ring (bicyclic) bond motifs is 1. The van der Waals surface area contributed by atoms with Crippen molar-refractivity contribution in [1.29, 1.82) is 0 Å². The van der Waals surface area contributed by atoms with Crippen molar-refractivity contribution in [3.63, 3.8) is 0 Å². The third kappa shape index (κ3) is 1.42. The first-order chi connectivity index (χ1) is 6.18. The van der Waals surface area contributed by atoms with Crippen LogP contribution in [0.1, 0.15) is 18.2 Å². The normalized spacial score (nSPS) is 17.2. The van der Waals surface area contributed by atoms with E-state index >= 15 is 0 Å². The van der Waals surface area contributed by atoms with Crippen LogP contribution in [0.5, 0.6) is 0 Å². The number of aromatic amines is 1. The summed E-state index contributed by atoms with van der Waals surface area (Å²) < 4.78 is 0. The second-order valence-electron chi connectivity index (χ2n) is 3.18. The predicted molar refractivity (Wildman–Crippen MR) is 48.2 cm³/mol. The van der Waals surface area contributed by atoms with Gasteiger partial charge in [0.05, 0.1) is 18.4 Å². The molecular weight excluding hydrogens is 190 g/mol. The van der Waals surface area contributed by atoms with Crippen LogP contribution in [-0.2, 0) is 17.9 Å². The van der Waals surface area contributed by atoms with Gasteiger partial charge in [0.1, 0.15) is 5.38 Å². The van der Waals surface area contributed by atoms with E-state index in [1.807, 2.05) is 0 Å². The van der Waals surface area contributed by atoms with Gasteiger partial charge in [0.25, 0.3) is 0 Å². The number of halogens is 1. The third-order valence-electron chi connectivity index (χ3n) is 2.17. The molecular formula is C8H10ClN3O. The number of carbonyl (C=O) groups excluding carboxylic acids is 1. The van der Waals surface area contributed by atoms with E-state index in [0.29, 0.717) is 13.1 Å². The first kappa shape index (κ1) is 8.56. The Hall–Kier alpha value is -1.03. The molecule has 0 spiro atoms. The molecule has 1 aromatic heterocycles. The van der Waals surface area contributed by atoms with Gasteiger partial charge >= 0.3 is 0 Å². The van der Waals surface area contributed by atoms with Crippen LogP contribution in [0.25, 0.3) is 0 Å². The van der Waals surface area contributed by atoms with Crippen LogP contribution in [0, 0.1) is 0 Å². The van der Waals surface area contributed by atoms with Crippen molar-refractivity contribution in [3.05, 3.63) is 17.5 Å². The van der Waals surface area contributed by atoms with E-state index in [0.717, 1.165) is 11.3 Å². The minimum Gasteiger partial charge on any atom is -0.331 e. The number of amides is 1. The van der Waals surface area contributed by atoms with Gasteiger partial charge in [-0.05, 0) is 6.92 Å². The fourth-order valence-corrected chi connectivity index (χ4v) is 1.61. The Labute approximate surface area is 80.9 Å². The number of hydrogen-bond donors (Lipinski definition) is 1. The van der Waals surface area contributed by atoms with E-state index in [1.54, 1.807) is 18.0 Å². The highest BCUT2D eigenvalue weighted by atomic mass is 35.5. The number of alkyl halides is 1. The minimum absolute atomic E-state index is 0.0220. The summed E-state index contributed by atoms with van der Waals surface area (Å²) >= 11 is 5.70. The third-order valence-corrected chi connectivity index (χ3v) is 2.36. The summed E-state index contributed by atoms with van der Waals surface area (Å²) in [5.41, 5.74) is 2.11. The molecule has 1 aliphatic heterocycles. The Balaban J connectivity index is 2.10. The summed E-state index contributed by atoms with van der Waals surface area (Å²) in [4.78, 5) is 13.2. The molecule has 70 valence electrons. The van der Waals surface area contributed by atoms with Gasteiger partial charge in [-0.3, -0.25) is 9.89 Å². The molecule has 0 bridgehead atoms. The second-order valence-corrected chi connectivity index (χ2v) is 3.84. The summed E-state index contributed by atoms with van der Waals surface area (Å²) in [6.45, 7) is 2.92. The number of carbonyl (C=O) groups is 1. The summed E-state index contributed by atoms with van der Waals surface area (Å²) in [5, 5.41) is 6.29. The molecule has 1 atom stereocenters. The number of nitrogens with zero attached hydrogens (tertiary/aromatic N) is 2. The maximum absolute atomic E-state index is 11.5. The molecule has 1 aromatic rings. The fourth-order valence-electron chi connectivity index (χ4n) is 1.47. The smallest absolute Gasteiger partial charge is 0.240 e. The van der Waals surface area contributed by atoms with E-state index in [9.17, 15) is 4.79 Å². The van der Waals surface area contributed by atoms with Crippen molar-refractivity contribution in [2.75, 3.05) is 0 Å². The molecule has 1 aliphatic rings. The molecule has 1 unspecified atom stereocenters. The van der Waals surface area contributed by atoms with Gasteiger partial charge in [-0.1, -0.05) is 0 Å². The van der Waals surface area contributed by atoms with Gasteiger partial charge < -0.3 is 4.90 Å². The maximum atomic E-state index is 11.5. The van der Waals surface area contributed by atoms with E-state index in [-0.39, 0.29) is 5.91 Å². The molecule has 0 fully saturated rings. The largest absolute Gasteiger partial charge is 0.331 e. The average Bonchev–Trinajstić information content (AvgIpc) is 2.59. The molecule has 1 N–H and O–H groups in total. The van der Waals surface area contributed by atoms with Crippen molar-refractivity contribution in [3.8, 4) is 0 Å². The first-order valence-corrected chi connectivity index (χ1v) is 4.56. The van der Waals surface area contributed by atoms with E-state index in [2.05, 4.69) is 10.2 Å². The molecule has 5 heteroatoms. The highest BCUT2D eigenvalue weighted by molar-refractivity contribution is 6.30. The number of H-pyrrole nitrogens is 1. The highest BCUT2D eigenvalue weighted by Crippen LogP contribution is 2.21. The van der Waals surface area contributed by atoms with Crippen molar-refractivity contribution < 1.29 is 4.79 Å². The van der Waals surface area contributed by atoms with Crippen molar-refractivity contribution in [2.24, 2.45) is 0 Å². The van der Waals surface area contributed by atoms with Crippen molar-refractivity contribution in [2.45, 2.75) is 25.4 Å². The lowest BCUT2D eigenvalue weighted by Crippen LogP contribution is -2.31. The standard InChI is InChI=1S/C8H10ClN3O/c1-5(9)8(13)12-3-6-2-10-11-7(6)4-12/h2,5H,3-4H2,1H3,(H,10,11). The topological polar surface area (TPSA) is 49.0 Å². The lowest BCUT2D eigenvalue weighted by atomic mass is 10.3. The summed E-state index contributed by atoms with van der Waals surface area (Å²) in [5.74, 6) is -0.0220. The van der Waals surface area contributed by atoms with E-state index in [1.165, 1.54) is 0 Å². The summed E-state index contributed by atoms with van der Waals surface area (Å²) in [6.07, 6.45) is 1.75. The molecule has 0 saturated heterocycles. The monoisotopic (exact) mass is 199 g/mol. The number of hydrogen-bond acceptors (Lipinski definition) is 2. The Morgan fingerprint density at radius 2 is 2.54 bits per heavy atom. The van der Waals surface area contributed by atoms with E-state index < -0.39 is 5.38 Å². The van der Waals surface area contributed by atoms with Crippen molar-refractivity contribution >= 4 is 17.5 Å². The molecule has 0 saturated carbocycles. The first-order valence-electron chi connectivity index (χ1n) is 4.12. The van der Waals surface area contributed by atoms with Crippen LogP contribution in [-0.4, -0.2) is 26.4 Å². The summed E-state index contributed by atoms with van der Waals surface area (Å²) in [7, 11) is 0. The van der Waals surface area contributed by atoms with Gasteiger partial charge in [-0.15, -0.1) is 11.6 Å². The van der Waals surface area contributed by atoms with Crippen LogP contribution in [0.4, 0.5) is 0 Å². The Morgan fingerprint density at radius 3 is 3.15 bits per heavy atom. The van der Waals surface area contributed by atoms with E-state index in [4.69, 9.17) is 11.6 Å². The van der Waals surface area contributed by atoms with Crippen LogP contribution in [0.3, 0.4) is 0 Å². The summed E-state index contributed by atoms with van der Waals surface area (Å²) in [6, 6.07) is 0. The maximum Gasteiger partial charge on any atom is 0.240 e. The van der Waals surface area contributed by atoms with Gasteiger partial charge in [-0.25, -0.2) is 0 Å². The predicted octanol–water partition coefficient (Wildman–Crippen LogP) is 0.879. The highest BCUT2D eigenvalue weighted by Gasteiger charge is 2.26. The molecule has 0 radical (unpaired) electrons. The molecule has 1 amide bonds. The molecule has 13 heavy (non-hydrogen) atoms. The fraction of sp³-hybridized carbons (Fsp3) is 0.500. The molecule has 0 aliphatic carbocycles. The van der Waals surface area contributed by atoms with Gasteiger partial charge in [0, 0.05) is 12.1 Å². The van der Waals surface area contributed by atoms with Gasteiger partial charge in [-0.2, -0.15) is 5.10 Å². The SMILES string of the molecule is CC(Cl)C(=O)N1Cc2cn[nH]c2C1. The van der Waals surface area contributed by atoms with Crippen molar-refractivity contribution in [1.82, 2.24) is 15.1 Å². The minimum atomic E-state index is -0.447. The zero-order valence-corrected chi connectivity index (χ0v) is 8.01. The lowest BCUT2D eigenvalue weighted by Gasteiger charge is -2.16. The Morgan fingerprint density at radius 1 is 1.77 bits per heavy atom. The number of nitrogens with one attached hydrogen (secondary N) is 1. The molecule has 2 rings (SSSR count). The van der Waals surface area contributed by atoms with Crippen LogP contribution in [0.15, 0.2) is 6.20 Å². The Kier molecular flexibility index (Phi) is 2.00. The molecule has 4 nitrogen and oxygen atoms in total. The molecule has 2 heterocycles. The molecule has 0 aromatic carbocycles. The second kappa shape index (κ2) is 3.03. The Bertz CT molecular complexity index is 313. The quantitative estimate of drug-likeness (QED) is 0.683.